The third-order valence-electron chi connectivity index (χ3n) is 2.74. The first kappa shape index (κ1) is 16.9. The van der Waals surface area contributed by atoms with E-state index in [0.717, 1.165) is 12.3 Å². The Morgan fingerprint density at radius 1 is 1.30 bits per heavy atom. The fourth-order valence-electron chi connectivity index (χ4n) is 1.78. The summed E-state index contributed by atoms with van der Waals surface area (Å²) < 4.78 is 23.5. The number of rotatable bonds is 3. The van der Waals surface area contributed by atoms with Gasteiger partial charge in [0.25, 0.3) is 5.79 Å². The summed E-state index contributed by atoms with van der Waals surface area (Å²) in [6.45, 7) is 2.75. The van der Waals surface area contributed by atoms with Crippen LogP contribution in [0.15, 0.2) is 28.4 Å². The minimum atomic E-state index is -1.41. The molecule has 0 spiro atoms. The number of nitrogens with one attached hydrogen (secondary N) is 1. The smallest absolute Gasteiger partial charge is 0.350 e. The highest BCUT2D eigenvalue weighted by Gasteiger charge is 2.39. The van der Waals surface area contributed by atoms with Crippen LogP contribution in [0.1, 0.15) is 13.8 Å². The van der Waals surface area contributed by atoms with E-state index >= 15 is 0 Å². The van der Waals surface area contributed by atoms with Gasteiger partial charge in [-0.2, -0.15) is 4.39 Å². The van der Waals surface area contributed by atoms with Crippen LogP contribution in [0, 0.1) is 15.9 Å². The molecule has 0 unspecified atom stereocenters. The number of ether oxygens (including phenoxy) is 2. The summed E-state index contributed by atoms with van der Waals surface area (Å²) in [6, 6.07) is 2.15. The lowest BCUT2D eigenvalue weighted by molar-refractivity contribution is -0.386. The minimum Gasteiger partial charge on any atom is -0.419 e. The summed E-state index contributed by atoms with van der Waals surface area (Å²) in [5.41, 5.74) is -1.60. The molecule has 0 bridgehead atoms. The molecule has 1 heterocycles. The molecule has 1 saturated heterocycles. The molecule has 8 nitrogen and oxygen atoms in total. The number of hydrogen-bond acceptors (Lipinski definition) is 7. The lowest BCUT2D eigenvalue weighted by Gasteiger charge is -2.29. The van der Waals surface area contributed by atoms with Gasteiger partial charge in [-0.05, 0) is 28.1 Å². The van der Waals surface area contributed by atoms with Crippen LogP contribution < -0.4 is 5.32 Å². The Bertz CT molecular complexity index is 724. The van der Waals surface area contributed by atoms with E-state index in [1.807, 2.05) is 0 Å². The van der Waals surface area contributed by atoms with Gasteiger partial charge in [-0.25, -0.2) is 9.59 Å². The van der Waals surface area contributed by atoms with Crippen LogP contribution in [0.4, 0.5) is 15.8 Å². The molecule has 1 fully saturated rings. The highest BCUT2D eigenvalue weighted by Crippen LogP contribution is 2.35. The molecule has 1 aromatic carbocycles. The highest BCUT2D eigenvalue weighted by atomic mass is 79.9. The monoisotopic (exact) mass is 388 g/mol. The van der Waals surface area contributed by atoms with Crippen LogP contribution in [0.25, 0.3) is 0 Å². The number of carbonyl (C=O) groups is 2. The van der Waals surface area contributed by atoms with E-state index in [2.05, 4.69) is 21.2 Å². The summed E-state index contributed by atoms with van der Waals surface area (Å²) in [5.74, 6) is -4.41. The van der Waals surface area contributed by atoms with Crippen molar-refractivity contribution in [1.29, 1.82) is 0 Å². The number of anilines is 1. The van der Waals surface area contributed by atoms with Crippen molar-refractivity contribution < 1.29 is 28.4 Å². The number of hydrogen-bond donors (Lipinski definition) is 1. The first-order chi connectivity index (χ1) is 10.6. The Balaban J connectivity index is 2.38. The molecule has 1 aromatic rings. The zero-order chi connectivity index (χ0) is 17.4. The molecule has 0 saturated carbocycles. The maximum absolute atomic E-state index is 13.6. The average molecular weight is 389 g/mol. The third kappa shape index (κ3) is 3.47. The maximum atomic E-state index is 13.6. The number of carbonyl (C=O) groups excluding carboxylic acids is 2. The Kier molecular flexibility index (Phi) is 4.37. The summed E-state index contributed by atoms with van der Waals surface area (Å²) in [6.07, 6.45) is 0.867. The molecule has 1 aliphatic rings. The lowest BCUT2D eigenvalue weighted by atomic mass is 10.2. The van der Waals surface area contributed by atoms with Gasteiger partial charge < -0.3 is 14.8 Å². The largest absolute Gasteiger partial charge is 0.419 e. The normalized spacial score (nSPS) is 16.4. The van der Waals surface area contributed by atoms with Crippen molar-refractivity contribution in [2.45, 2.75) is 19.6 Å². The Morgan fingerprint density at radius 2 is 1.87 bits per heavy atom. The number of esters is 2. The molecule has 1 N–H and O–H groups in total. The van der Waals surface area contributed by atoms with Gasteiger partial charge in [-0.3, -0.25) is 10.1 Å². The van der Waals surface area contributed by atoms with Crippen molar-refractivity contribution in [2.24, 2.45) is 0 Å². The topological polar surface area (TPSA) is 108 Å². The van der Waals surface area contributed by atoms with E-state index < -0.39 is 39.7 Å². The summed E-state index contributed by atoms with van der Waals surface area (Å²) >= 11 is 3.03. The van der Waals surface area contributed by atoms with Crippen LogP contribution in [0.3, 0.4) is 0 Å². The Morgan fingerprint density at radius 3 is 2.39 bits per heavy atom. The number of benzene rings is 1. The zero-order valence-corrected chi connectivity index (χ0v) is 13.5. The van der Waals surface area contributed by atoms with Crippen molar-refractivity contribution >= 4 is 39.2 Å². The molecule has 1 aliphatic heterocycles. The molecule has 2 rings (SSSR count). The van der Waals surface area contributed by atoms with Gasteiger partial charge in [-0.1, -0.05) is 0 Å². The summed E-state index contributed by atoms with van der Waals surface area (Å²) in [7, 11) is 0. The van der Waals surface area contributed by atoms with Crippen molar-refractivity contribution in [3.05, 3.63) is 44.3 Å². The predicted octanol–water partition coefficient (Wildman–Crippen LogP) is 2.63. The van der Waals surface area contributed by atoms with Gasteiger partial charge in [0.1, 0.15) is 5.69 Å². The first-order valence-corrected chi connectivity index (χ1v) is 6.97. The van der Waals surface area contributed by atoms with E-state index in [1.165, 1.54) is 19.9 Å². The molecule has 0 atom stereocenters. The molecule has 122 valence electrons. The van der Waals surface area contributed by atoms with Gasteiger partial charge in [0.15, 0.2) is 5.57 Å². The number of nitro benzene ring substituents is 1. The van der Waals surface area contributed by atoms with Gasteiger partial charge in [0.2, 0.25) is 5.82 Å². The minimum absolute atomic E-state index is 0.167. The average Bonchev–Trinajstić information content (AvgIpc) is 2.39. The second kappa shape index (κ2) is 5.95. The second-order valence-corrected chi connectivity index (χ2v) is 5.75. The molecule has 23 heavy (non-hydrogen) atoms. The van der Waals surface area contributed by atoms with E-state index in [1.54, 1.807) is 0 Å². The Hall–Kier alpha value is -2.49. The van der Waals surface area contributed by atoms with E-state index in [4.69, 9.17) is 9.47 Å². The van der Waals surface area contributed by atoms with E-state index in [9.17, 15) is 24.1 Å². The van der Waals surface area contributed by atoms with Crippen LogP contribution in [0.5, 0.6) is 0 Å². The fraction of sp³-hybridized carbons (Fsp3) is 0.231. The SMILES string of the molecule is CC1(C)OC(=O)C(=CNc2c(Br)ccc(F)c2[N+](=O)[O-])C(=O)O1. The van der Waals surface area contributed by atoms with E-state index in [-0.39, 0.29) is 10.2 Å². The zero-order valence-electron chi connectivity index (χ0n) is 11.9. The molecule has 0 aromatic heterocycles. The van der Waals surface area contributed by atoms with Crippen molar-refractivity contribution in [3.8, 4) is 0 Å². The second-order valence-electron chi connectivity index (χ2n) is 4.89. The molecule has 0 radical (unpaired) electrons. The van der Waals surface area contributed by atoms with Crippen LogP contribution >= 0.6 is 15.9 Å². The third-order valence-corrected chi connectivity index (χ3v) is 3.40. The van der Waals surface area contributed by atoms with Gasteiger partial charge in [0, 0.05) is 24.5 Å². The fourth-order valence-corrected chi connectivity index (χ4v) is 2.21. The predicted molar refractivity (Wildman–Crippen MR) is 78.7 cm³/mol. The summed E-state index contributed by atoms with van der Waals surface area (Å²) in [5, 5.41) is 13.3. The number of halogens is 2. The van der Waals surface area contributed by atoms with Crippen LogP contribution in [0.2, 0.25) is 0 Å². The molecular weight excluding hydrogens is 379 g/mol. The van der Waals surface area contributed by atoms with Crippen molar-refractivity contribution in [3.63, 3.8) is 0 Å². The number of nitrogens with zero attached hydrogens (tertiary/aromatic N) is 1. The van der Waals surface area contributed by atoms with Crippen LogP contribution in [-0.2, 0) is 19.1 Å². The van der Waals surface area contributed by atoms with Crippen LogP contribution in [-0.4, -0.2) is 22.6 Å². The molecule has 0 aliphatic carbocycles. The standard InChI is InChI=1S/C13H10BrFN2O6/c1-13(2)22-11(18)6(12(19)23-13)5-16-9-7(14)3-4-8(15)10(9)17(20)21/h3-5,16H,1-2H3. The number of nitro groups is 1. The number of cyclic esters (lactones) is 2. The van der Waals surface area contributed by atoms with Crippen molar-refractivity contribution in [1.82, 2.24) is 0 Å². The molecule has 10 heteroatoms. The van der Waals surface area contributed by atoms with Gasteiger partial charge >= 0.3 is 17.6 Å². The maximum Gasteiger partial charge on any atom is 0.350 e. The first-order valence-electron chi connectivity index (χ1n) is 6.18. The van der Waals surface area contributed by atoms with Crippen molar-refractivity contribution in [2.75, 3.05) is 5.32 Å². The quantitative estimate of drug-likeness (QED) is 0.278. The lowest BCUT2D eigenvalue weighted by Crippen LogP contribution is -2.42. The Labute approximate surface area is 137 Å². The van der Waals surface area contributed by atoms with Gasteiger partial charge in [0.05, 0.1) is 4.92 Å². The highest BCUT2D eigenvalue weighted by molar-refractivity contribution is 9.10. The molecule has 0 amide bonds. The van der Waals surface area contributed by atoms with Gasteiger partial charge in [-0.15, -0.1) is 0 Å². The summed E-state index contributed by atoms with van der Waals surface area (Å²) in [4.78, 5) is 33.6. The molecular formula is C13H10BrFN2O6. The van der Waals surface area contributed by atoms with E-state index in [0.29, 0.717) is 0 Å².